The molecule has 51 heavy (non-hydrogen) atoms. The molecule has 260 valence electrons. The topological polar surface area (TPSA) is 117 Å². The molecule has 1 saturated carbocycles. The molecule has 1 amide bonds. The van der Waals surface area contributed by atoms with Crippen LogP contribution in [0, 0.1) is 11.2 Å². The molecule has 10 nitrogen and oxygen atoms in total. The first kappa shape index (κ1) is 33.0. The maximum atomic E-state index is 15.1. The fourth-order valence-corrected chi connectivity index (χ4v) is 7.55. The van der Waals surface area contributed by atoms with Gasteiger partial charge in [0.25, 0.3) is 0 Å². The molecule has 2 aliphatic heterocycles. The van der Waals surface area contributed by atoms with Crippen LogP contribution in [0.25, 0.3) is 39.1 Å². The molecule has 3 aromatic heterocycles. The maximum absolute atomic E-state index is 15.1. The minimum atomic E-state index is -0.697. The van der Waals surface area contributed by atoms with Crippen molar-refractivity contribution in [1.29, 1.82) is 0 Å². The van der Waals surface area contributed by atoms with Crippen molar-refractivity contribution in [2.24, 2.45) is 5.41 Å². The van der Waals surface area contributed by atoms with Gasteiger partial charge in [-0.15, -0.1) is 0 Å². The van der Waals surface area contributed by atoms with Gasteiger partial charge in [0, 0.05) is 85.4 Å². The van der Waals surface area contributed by atoms with E-state index >= 15 is 4.39 Å². The van der Waals surface area contributed by atoms with Gasteiger partial charge in [0.1, 0.15) is 17.3 Å². The first-order valence-electron chi connectivity index (χ1n) is 17.6. The van der Waals surface area contributed by atoms with E-state index < -0.39 is 5.41 Å². The Hall–Kier alpha value is -5.13. The minimum absolute atomic E-state index is 0.00176. The predicted molar refractivity (Wildman–Crippen MR) is 192 cm³/mol. The van der Waals surface area contributed by atoms with Crippen LogP contribution in [0.4, 0.5) is 4.39 Å². The highest BCUT2D eigenvalue weighted by atomic mass is 19.1. The molecule has 3 aliphatic rings. The summed E-state index contributed by atoms with van der Waals surface area (Å²) in [5, 5.41) is 8.74. The van der Waals surface area contributed by atoms with Gasteiger partial charge < -0.3 is 9.64 Å². The molecule has 1 atom stereocenters. The number of pyridine rings is 1. The van der Waals surface area contributed by atoms with Crippen LogP contribution in [-0.4, -0.2) is 93.1 Å². The van der Waals surface area contributed by atoms with E-state index in [0.29, 0.717) is 68.5 Å². The van der Waals surface area contributed by atoms with Gasteiger partial charge >= 0.3 is 0 Å². The second-order valence-corrected chi connectivity index (χ2v) is 14.1. The number of Topliss-reactive ketones (excluding diaryl/α,β-unsaturated/α-hetero) is 1. The summed E-state index contributed by atoms with van der Waals surface area (Å²) in [7, 11) is 1.63. The number of ether oxygens (including phenoxy) is 1. The Bertz CT molecular complexity index is 2130. The quantitative estimate of drug-likeness (QED) is 0.184. The zero-order valence-electron chi connectivity index (χ0n) is 28.6. The smallest absolute Gasteiger partial charge is 0.237 e. The molecule has 5 heterocycles. The molecule has 1 aliphatic carbocycles. The first-order chi connectivity index (χ1) is 24.9. The van der Waals surface area contributed by atoms with E-state index in [1.807, 2.05) is 36.5 Å². The molecule has 8 rings (SSSR count). The standard InChI is InChI=1S/C40H40FN7O3/c1-51-25-40(36(49)20-26-3-8-34-32(19-26)38(46-45-34)29-9-15-42-35(22-29)28-4-5-28)12-18-47(24-40)23-37(50)48-16-10-27(11-17-48)31-7-6-30(21-33(31)41)39-43-13-2-14-44-39/h2-3,6-10,13-15,19,21-22,28H,4-5,11-12,16-18,20,23-25H2,1H3,(H,45,46)/t40-/m1/s1. The largest absolute Gasteiger partial charge is 0.384 e. The van der Waals surface area contributed by atoms with Crippen LogP contribution in [0.15, 0.2) is 79.3 Å². The number of ketones is 1. The monoisotopic (exact) mass is 685 g/mol. The van der Waals surface area contributed by atoms with Gasteiger partial charge in [-0.1, -0.05) is 24.3 Å². The average Bonchev–Trinajstić information content (AvgIpc) is 3.81. The molecule has 0 unspecified atom stereocenters. The second-order valence-electron chi connectivity index (χ2n) is 14.1. The van der Waals surface area contributed by atoms with Crippen molar-refractivity contribution in [2.75, 3.05) is 46.4 Å². The summed E-state index contributed by atoms with van der Waals surface area (Å²) in [6.07, 6.45) is 10.9. The SMILES string of the molecule is COC[C@@]1(C(=O)Cc2ccc3[nH]nc(-c4ccnc(C5CC5)c4)c3c2)CCN(CC(=O)N2CC=C(c3ccc(-c4ncccn4)cc3F)CC2)C1. The van der Waals surface area contributed by atoms with Crippen molar-refractivity contribution >= 4 is 28.2 Å². The molecule has 2 aromatic carbocycles. The fourth-order valence-electron chi connectivity index (χ4n) is 7.55. The fraction of sp³-hybridized carbons (Fsp3) is 0.350. The summed E-state index contributed by atoms with van der Waals surface area (Å²) in [6.45, 7) is 2.53. The number of H-pyrrole nitrogens is 1. The van der Waals surface area contributed by atoms with Crippen LogP contribution >= 0.6 is 0 Å². The van der Waals surface area contributed by atoms with Crippen molar-refractivity contribution < 1.29 is 18.7 Å². The molecular formula is C40H40FN7O3. The molecule has 1 saturated heterocycles. The average molecular weight is 686 g/mol. The van der Waals surface area contributed by atoms with Gasteiger partial charge in [0.2, 0.25) is 5.91 Å². The number of benzene rings is 2. The Kier molecular flexibility index (Phi) is 8.99. The Balaban J connectivity index is 0.906. The minimum Gasteiger partial charge on any atom is -0.384 e. The Morgan fingerprint density at radius 3 is 2.63 bits per heavy atom. The summed E-state index contributed by atoms with van der Waals surface area (Å²) in [5.74, 6) is 0.804. The molecular weight excluding hydrogens is 645 g/mol. The van der Waals surface area contributed by atoms with Crippen LogP contribution in [0.2, 0.25) is 0 Å². The third-order valence-corrected chi connectivity index (χ3v) is 10.5. The van der Waals surface area contributed by atoms with E-state index in [4.69, 9.17) is 4.74 Å². The van der Waals surface area contributed by atoms with Crippen molar-refractivity contribution in [3.05, 3.63) is 102 Å². The maximum Gasteiger partial charge on any atom is 0.237 e. The lowest BCUT2D eigenvalue weighted by Gasteiger charge is -2.30. The lowest BCUT2D eigenvalue weighted by molar-refractivity contribution is -0.134. The molecule has 2 fully saturated rings. The van der Waals surface area contributed by atoms with Crippen molar-refractivity contribution in [3.63, 3.8) is 0 Å². The Morgan fingerprint density at radius 1 is 1.00 bits per heavy atom. The van der Waals surface area contributed by atoms with Gasteiger partial charge in [0.05, 0.1) is 24.1 Å². The summed E-state index contributed by atoms with van der Waals surface area (Å²) in [4.78, 5) is 44.3. The number of methoxy groups -OCH3 is 1. The Morgan fingerprint density at radius 2 is 1.86 bits per heavy atom. The third kappa shape index (κ3) is 6.83. The third-order valence-electron chi connectivity index (χ3n) is 10.5. The highest BCUT2D eigenvalue weighted by molar-refractivity contribution is 5.95. The lowest BCUT2D eigenvalue weighted by atomic mass is 9.80. The summed E-state index contributed by atoms with van der Waals surface area (Å²) in [6, 6.07) is 16.9. The number of halogens is 1. The first-order valence-corrected chi connectivity index (χ1v) is 17.6. The zero-order valence-corrected chi connectivity index (χ0v) is 28.6. The number of hydrogen-bond acceptors (Lipinski definition) is 8. The van der Waals surface area contributed by atoms with Crippen LogP contribution in [0.3, 0.4) is 0 Å². The van der Waals surface area contributed by atoms with E-state index in [1.54, 1.807) is 36.5 Å². The predicted octanol–water partition coefficient (Wildman–Crippen LogP) is 5.86. The number of likely N-dealkylation sites (tertiary alicyclic amines) is 1. The van der Waals surface area contributed by atoms with Crippen LogP contribution in [-0.2, 0) is 20.7 Å². The number of aromatic amines is 1. The number of rotatable bonds is 11. The van der Waals surface area contributed by atoms with Gasteiger partial charge in [-0.05, 0) is 79.8 Å². The number of aromatic nitrogens is 5. The van der Waals surface area contributed by atoms with E-state index in [-0.39, 0.29) is 30.5 Å². The number of nitrogens with one attached hydrogen (secondary N) is 1. The number of nitrogens with zero attached hydrogens (tertiary/aromatic N) is 6. The molecule has 5 aromatic rings. The van der Waals surface area contributed by atoms with Gasteiger partial charge in [-0.3, -0.25) is 24.6 Å². The number of fused-ring (bicyclic) bond motifs is 1. The molecule has 0 radical (unpaired) electrons. The normalized spacial score (nSPS) is 19.4. The van der Waals surface area contributed by atoms with E-state index in [1.165, 1.54) is 18.9 Å². The number of hydrogen-bond donors (Lipinski definition) is 1. The van der Waals surface area contributed by atoms with Crippen LogP contribution in [0.5, 0.6) is 0 Å². The second kappa shape index (κ2) is 13.9. The number of amides is 1. The lowest BCUT2D eigenvalue weighted by Crippen LogP contribution is -2.44. The molecule has 0 bridgehead atoms. The van der Waals surface area contributed by atoms with Crippen molar-refractivity contribution in [2.45, 2.75) is 38.0 Å². The number of carbonyl (C=O) groups excluding carboxylic acids is 2. The molecule has 11 heteroatoms. The van der Waals surface area contributed by atoms with Crippen molar-refractivity contribution in [3.8, 4) is 22.6 Å². The van der Waals surface area contributed by atoms with Crippen LogP contribution in [0.1, 0.15) is 48.4 Å². The van der Waals surface area contributed by atoms with Gasteiger partial charge in [-0.25, -0.2) is 14.4 Å². The van der Waals surface area contributed by atoms with E-state index in [0.717, 1.165) is 39.0 Å². The Labute approximate surface area is 295 Å². The summed E-state index contributed by atoms with van der Waals surface area (Å²) >= 11 is 0. The van der Waals surface area contributed by atoms with E-state index in [2.05, 4.69) is 42.2 Å². The highest BCUT2D eigenvalue weighted by Crippen LogP contribution is 2.40. The zero-order chi connectivity index (χ0) is 35.0. The summed E-state index contributed by atoms with van der Waals surface area (Å²) < 4.78 is 20.8. The number of carbonyl (C=O) groups is 2. The van der Waals surface area contributed by atoms with Crippen LogP contribution < -0.4 is 0 Å². The highest BCUT2D eigenvalue weighted by Gasteiger charge is 2.44. The molecule has 1 N–H and O–H groups in total. The van der Waals surface area contributed by atoms with E-state index in [9.17, 15) is 9.59 Å². The summed E-state index contributed by atoms with van der Waals surface area (Å²) in [5.41, 5.74) is 6.18. The molecule has 0 spiro atoms. The van der Waals surface area contributed by atoms with Crippen molar-refractivity contribution in [1.82, 2.24) is 34.9 Å². The van der Waals surface area contributed by atoms with Gasteiger partial charge in [-0.2, -0.15) is 5.10 Å². The van der Waals surface area contributed by atoms with Gasteiger partial charge in [0.15, 0.2) is 5.82 Å².